The van der Waals surface area contributed by atoms with Crippen molar-refractivity contribution in [2.24, 2.45) is 5.92 Å². The molecule has 2 nitrogen and oxygen atoms in total. The average Bonchev–Trinajstić information content (AvgIpc) is 3.12. The normalized spacial score (nSPS) is 15.4. The summed E-state index contributed by atoms with van der Waals surface area (Å²) in [4.78, 5) is 0. The van der Waals surface area contributed by atoms with Gasteiger partial charge in [-0.2, -0.15) is 0 Å². The van der Waals surface area contributed by atoms with Crippen LogP contribution in [-0.2, 0) is 13.0 Å². The summed E-state index contributed by atoms with van der Waals surface area (Å²) in [6.45, 7) is 5.27. The van der Waals surface area contributed by atoms with E-state index in [2.05, 4.69) is 41.2 Å². The number of halogens is 2. The minimum Gasteiger partial charge on any atom is -0.458 e. The van der Waals surface area contributed by atoms with Crippen molar-refractivity contribution < 1.29 is 4.42 Å². The van der Waals surface area contributed by atoms with Crippen LogP contribution in [0.5, 0.6) is 0 Å². The number of hydrogen-bond acceptors (Lipinski definition) is 2. The molecule has 0 aliphatic heterocycles. The van der Waals surface area contributed by atoms with Crippen molar-refractivity contribution in [3.05, 3.63) is 33.0 Å². The third-order valence-corrected chi connectivity index (χ3v) is 4.37. The minimum atomic E-state index is 0.591. The SMILES string of the molecule is CC(C)Cc1c(CNC2CC2)oc2c(Cl)cc(Br)cc12. The Morgan fingerprint density at radius 3 is 2.80 bits per heavy atom. The molecule has 1 aliphatic carbocycles. The fourth-order valence-electron chi connectivity index (χ4n) is 2.52. The first kappa shape index (κ1) is 14.4. The summed E-state index contributed by atoms with van der Waals surface area (Å²) in [5, 5.41) is 5.35. The van der Waals surface area contributed by atoms with Gasteiger partial charge in [0, 0.05) is 21.5 Å². The lowest BCUT2D eigenvalue weighted by Gasteiger charge is -2.07. The van der Waals surface area contributed by atoms with Crippen molar-refractivity contribution in [3.8, 4) is 0 Å². The van der Waals surface area contributed by atoms with Crippen LogP contribution in [0.4, 0.5) is 0 Å². The second-order valence-corrected chi connectivity index (χ2v) is 7.34. The van der Waals surface area contributed by atoms with Gasteiger partial charge in [0.05, 0.1) is 11.6 Å². The van der Waals surface area contributed by atoms with Gasteiger partial charge in [-0.05, 0) is 37.3 Å². The maximum Gasteiger partial charge on any atom is 0.153 e. The van der Waals surface area contributed by atoms with E-state index in [-0.39, 0.29) is 0 Å². The van der Waals surface area contributed by atoms with Crippen LogP contribution in [0.2, 0.25) is 5.02 Å². The number of benzene rings is 1. The second kappa shape index (κ2) is 5.70. The Bertz CT molecular complexity index is 631. The van der Waals surface area contributed by atoms with Gasteiger partial charge in [-0.3, -0.25) is 0 Å². The molecule has 1 heterocycles. The predicted molar refractivity (Wildman–Crippen MR) is 87.3 cm³/mol. The molecule has 4 heteroatoms. The van der Waals surface area contributed by atoms with Gasteiger partial charge in [0.2, 0.25) is 0 Å². The van der Waals surface area contributed by atoms with Crippen LogP contribution in [0.1, 0.15) is 38.0 Å². The molecule has 1 N–H and O–H groups in total. The molecule has 1 aromatic carbocycles. The lowest BCUT2D eigenvalue weighted by Crippen LogP contribution is -2.16. The van der Waals surface area contributed by atoms with Crippen LogP contribution < -0.4 is 5.32 Å². The molecule has 0 bridgehead atoms. The van der Waals surface area contributed by atoms with Crippen molar-refractivity contribution in [2.45, 2.75) is 45.7 Å². The van der Waals surface area contributed by atoms with Gasteiger partial charge < -0.3 is 9.73 Å². The third-order valence-electron chi connectivity index (χ3n) is 3.64. The zero-order valence-corrected chi connectivity index (χ0v) is 14.1. The Balaban J connectivity index is 2.03. The van der Waals surface area contributed by atoms with Crippen molar-refractivity contribution >= 4 is 38.5 Å². The lowest BCUT2D eigenvalue weighted by atomic mass is 10.00. The highest BCUT2D eigenvalue weighted by Crippen LogP contribution is 2.35. The second-order valence-electron chi connectivity index (χ2n) is 6.02. The van der Waals surface area contributed by atoms with E-state index >= 15 is 0 Å². The molecule has 20 heavy (non-hydrogen) atoms. The quantitative estimate of drug-likeness (QED) is 0.786. The van der Waals surface area contributed by atoms with E-state index in [1.165, 1.54) is 18.4 Å². The number of furan rings is 1. The first-order valence-corrected chi connectivity index (χ1v) is 8.34. The minimum absolute atomic E-state index is 0.591. The Kier molecular flexibility index (Phi) is 4.11. The summed E-state index contributed by atoms with van der Waals surface area (Å²) in [6, 6.07) is 4.69. The molecule has 0 saturated heterocycles. The summed E-state index contributed by atoms with van der Waals surface area (Å²) in [6.07, 6.45) is 3.58. The lowest BCUT2D eigenvalue weighted by molar-refractivity contribution is 0.500. The van der Waals surface area contributed by atoms with Crippen molar-refractivity contribution in [2.75, 3.05) is 0 Å². The Morgan fingerprint density at radius 2 is 2.15 bits per heavy atom. The number of fused-ring (bicyclic) bond motifs is 1. The zero-order valence-electron chi connectivity index (χ0n) is 11.8. The summed E-state index contributed by atoms with van der Waals surface area (Å²) in [5.74, 6) is 1.63. The molecule has 1 fully saturated rings. The van der Waals surface area contributed by atoms with Crippen LogP contribution in [0.3, 0.4) is 0 Å². The van der Waals surface area contributed by atoms with Crippen LogP contribution in [0.25, 0.3) is 11.0 Å². The molecular formula is C16H19BrClNO. The maximum absolute atomic E-state index is 6.32. The molecule has 0 atom stereocenters. The Hall–Kier alpha value is -0.510. The summed E-state index contributed by atoms with van der Waals surface area (Å²) >= 11 is 9.84. The van der Waals surface area contributed by atoms with E-state index < -0.39 is 0 Å². The molecule has 0 radical (unpaired) electrons. The van der Waals surface area contributed by atoms with Crippen LogP contribution in [-0.4, -0.2) is 6.04 Å². The maximum atomic E-state index is 6.32. The van der Waals surface area contributed by atoms with Crippen LogP contribution in [0, 0.1) is 5.92 Å². The molecule has 1 aliphatic rings. The number of rotatable bonds is 5. The molecule has 0 spiro atoms. The van der Waals surface area contributed by atoms with Gasteiger partial charge in [0.15, 0.2) is 5.58 Å². The van der Waals surface area contributed by atoms with Crippen molar-refractivity contribution in [1.29, 1.82) is 0 Å². The zero-order chi connectivity index (χ0) is 14.3. The molecule has 3 rings (SSSR count). The molecule has 0 unspecified atom stereocenters. The molecule has 1 aromatic heterocycles. The van der Waals surface area contributed by atoms with Gasteiger partial charge in [-0.15, -0.1) is 0 Å². The first-order chi connectivity index (χ1) is 9.54. The molecule has 2 aromatic rings. The van der Waals surface area contributed by atoms with Crippen molar-refractivity contribution in [1.82, 2.24) is 5.32 Å². The standard InChI is InChI=1S/C16H19BrClNO/c1-9(2)5-12-13-6-10(17)7-14(18)16(13)20-15(12)8-19-11-3-4-11/h6-7,9,11,19H,3-5,8H2,1-2H3. The highest BCUT2D eigenvalue weighted by Gasteiger charge is 2.23. The van der Waals surface area contributed by atoms with E-state index in [4.69, 9.17) is 16.0 Å². The fourth-order valence-corrected chi connectivity index (χ4v) is 3.37. The number of hydrogen-bond donors (Lipinski definition) is 1. The third kappa shape index (κ3) is 3.05. The van der Waals surface area contributed by atoms with Crippen molar-refractivity contribution in [3.63, 3.8) is 0 Å². The summed E-state index contributed by atoms with van der Waals surface area (Å²) in [5.41, 5.74) is 2.12. The van der Waals surface area contributed by atoms with E-state index in [0.29, 0.717) is 17.0 Å². The van der Waals surface area contributed by atoms with E-state index in [0.717, 1.165) is 34.2 Å². The van der Waals surface area contributed by atoms with E-state index in [1.54, 1.807) is 0 Å². The summed E-state index contributed by atoms with van der Waals surface area (Å²) in [7, 11) is 0. The topological polar surface area (TPSA) is 25.2 Å². The average molecular weight is 357 g/mol. The largest absolute Gasteiger partial charge is 0.458 e. The van der Waals surface area contributed by atoms with Gasteiger partial charge in [0.25, 0.3) is 0 Å². The van der Waals surface area contributed by atoms with E-state index in [9.17, 15) is 0 Å². The molecule has 0 amide bonds. The van der Waals surface area contributed by atoms with Gasteiger partial charge in [0.1, 0.15) is 5.76 Å². The van der Waals surface area contributed by atoms with Gasteiger partial charge in [-0.1, -0.05) is 41.4 Å². The molecular weight excluding hydrogens is 338 g/mol. The van der Waals surface area contributed by atoms with Crippen LogP contribution >= 0.6 is 27.5 Å². The number of nitrogens with one attached hydrogen (secondary N) is 1. The predicted octanol–water partition coefficient (Wildman–Crippen LogP) is 5.30. The Labute approximate surface area is 133 Å². The molecule has 1 saturated carbocycles. The van der Waals surface area contributed by atoms with Gasteiger partial charge >= 0.3 is 0 Å². The smallest absolute Gasteiger partial charge is 0.153 e. The van der Waals surface area contributed by atoms with Gasteiger partial charge in [-0.25, -0.2) is 0 Å². The highest BCUT2D eigenvalue weighted by atomic mass is 79.9. The summed E-state index contributed by atoms with van der Waals surface area (Å²) < 4.78 is 7.05. The highest BCUT2D eigenvalue weighted by molar-refractivity contribution is 9.10. The van der Waals surface area contributed by atoms with Crippen LogP contribution in [0.15, 0.2) is 21.0 Å². The Morgan fingerprint density at radius 1 is 1.40 bits per heavy atom. The van der Waals surface area contributed by atoms with E-state index in [1.807, 2.05) is 6.07 Å². The monoisotopic (exact) mass is 355 g/mol. The molecule has 108 valence electrons. The first-order valence-electron chi connectivity index (χ1n) is 7.17. The fraction of sp³-hybridized carbons (Fsp3) is 0.500.